The zero-order valence-corrected chi connectivity index (χ0v) is 13.5. The molecule has 0 aliphatic rings. The molecule has 0 radical (unpaired) electrons. The summed E-state index contributed by atoms with van der Waals surface area (Å²) in [4.78, 5) is 0. The summed E-state index contributed by atoms with van der Waals surface area (Å²) in [6.07, 6.45) is 3.50. The minimum absolute atomic E-state index is 0.178. The van der Waals surface area contributed by atoms with E-state index in [9.17, 15) is 8.42 Å². The van der Waals surface area contributed by atoms with Crippen LogP contribution in [0.25, 0.3) is 10.9 Å². The molecule has 6 heteroatoms. The molecule has 0 saturated heterocycles. The Morgan fingerprint density at radius 2 is 2.10 bits per heavy atom. The normalized spacial score (nSPS) is 12.0. The lowest BCUT2D eigenvalue weighted by Crippen LogP contribution is -2.25. The topological polar surface area (TPSA) is 60.3 Å². The highest BCUT2D eigenvalue weighted by Crippen LogP contribution is 2.25. The second kappa shape index (κ2) is 6.49. The molecule has 0 fully saturated rings. The highest BCUT2D eigenvalue weighted by molar-refractivity contribution is 7.89. The molecule has 0 bridgehead atoms. The molecule has 0 aliphatic heterocycles. The van der Waals surface area contributed by atoms with Gasteiger partial charge in [0.15, 0.2) is 0 Å². The van der Waals surface area contributed by atoms with Crippen molar-refractivity contribution >= 4 is 20.9 Å². The predicted molar refractivity (Wildman–Crippen MR) is 85.0 cm³/mol. The van der Waals surface area contributed by atoms with Gasteiger partial charge in [0.2, 0.25) is 10.0 Å². The first kappa shape index (κ1) is 15.9. The molecule has 1 heterocycles. The quantitative estimate of drug-likeness (QED) is 0.854. The Labute approximate surface area is 126 Å². The molecule has 0 amide bonds. The van der Waals surface area contributed by atoms with Crippen LogP contribution < -0.4 is 9.46 Å². The van der Waals surface area contributed by atoms with Crippen LogP contribution in [0, 0.1) is 0 Å². The highest BCUT2D eigenvalue weighted by atomic mass is 32.2. The summed E-state index contributed by atoms with van der Waals surface area (Å²) < 4.78 is 33.7. The Morgan fingerprint density at radius 1 is 1.33 bits per heavy atom. The number of ether oxygens (including phenoxy) is 1. The number of hydrogen-bond acceptors (Lipinski definition) is 3. The van der Waals surface area contributed by atoms with Gasteiger partial charge in [-0.2, -0.15) is 0 Å². The van der Waals surface area contributed by atoms with E-state index in [0.717, 1.165) is 28.6 Å². The minimum atomic E-state index is -3.21. The van der Waals surface area contributed by atoms with Gasteiger partial charge in [0.1, 0.15) is 5.75 Å². The van der Waals surface area contributed by atoms with E-state index in [2.05, 4.69) is 4.72 Å². The lowest BCUT2D eigenvalue weighted by atomic mass is 10.1. The van der Waals surface area contributed by atoms with E-state index >= 15 is 0 Å². The average molecular weight is 310 g/mol. The van der Waals surface area contributed by atoms with Gasteiger partial charge in [-0.05, 0) is 30.2 Å². The Kier molecular flexibility index (Phi) is 4.90. The molecule has 21 heavy (non-hydrogen) atoms. The predicted octanol–water partition coefficient (Wildman–Crippen LogP) is 2.41. The molecule has 5 nitrogen and oxygen atoms in total. The highest BCUT2D eigenvalue weighted by Gasteiger charge is 2.12. The Balaban J connectivity index is 2.22. The fraction of sp³-hybridized carbons (Fsp3) is 0.467. The Hall–Kier alpha value is -1.53. The molecule has 0 aliphatic carbocycles. The van der Waals surface area contributed by atoms with Crippen molar-refractivity contribution in [2.45, 2.75) is 26.3 Å². The maximum absolute atomic E-state index is 11.9. The minimum Gasteiger partial charge on any atom is -0.497 e. The van der Waals surface area contributed by atoms with Crippen molar-refractivity contribution in [1.29, 1.82) is 0 Å². The maximum Gasteiger partial charge on any atom is 0.211 e. The fourth-order valence-electron chi connectivity index (χ4n) is 2.31. The van der Waals surface area contributed by atoms with E-state index in [0.29, 0.717) is 13.0 Å². The van der Waals surface area contributed by atoms with Gasteiger partial charge in [-0.3, -0.25) is 0 Å². The number of benzene rings is 1. The lowest BCUT2D eigenvalue weighted by Gasteiger charge is -2.06. The molecule has 0 saturated carbocycles. The van der Waals surface area contributed by atoms with Gasteiger partial charge in [-0.1, -0.05) is 13.3 Å². The second-order valence-electron chi connectivity index (χ2n) is 5.14. The monoisotopic (exact) mass is 310 g/mol. The molecular weight excluding hydrogens is 288 g/mol. The molecule has 1 aromatic carbocycles. The van der Waals surface area contributed by atoms with Crippen LogP contribution in [0.15, 0.2) is 24.4 Å². The second-order valence-corrected chi connectivity index (χ2v) is 7.07. The summed E-state index contributed by atoms with van der Waals surface area (Å²) in [5, 5.41) is 1.01. The van der Waals surface area contributed by atoms with E-state index < -0.39 is 10.0 Å². The average Bonchev–Trinajstić information content (AvgIpc) is 2.79. The molecule has 0 atom stereocenters. The third-order valence-electron chi connectivity index (χ3n) is 3.53. The fourth-order valence-corrected chi connectivity index (χ4v) is 3.50. The molecule has 0 unspecified atom stereocenters. The maximum atomic E-state index is 11.9. The Morgan fingerprint density at radius 3 is 2.76 bits per heavy atom. The van der Waals surface area contributed by atoms with E-state index in [1.54, 1.807) is 7.11 Å². The number of hydrogen-bond donors (Lipinski definition) is 1. The Bertz CT molecular complexity index is 720. The van der Waals surface area contributed by atoms with Crippen molar-refractivity contribution in [3.8, 4) is 5.75 Å². The summed E-state index contributed by atoms with van der Waals surface area (Å²) in [6, 6.07) is 5.81. The van der Waals surface area contributed by atoms with Crippen LogP contribution in [0.5, 0.6) is 5.75 Å². The van der Waals surface area contributed by atoms with Gasteiger partial charge in [-0.15, -0.1) is 0 Å². The molecule has 2 rings (SSSR count). The molecule has 2 aromatic rings. The number of aryl methyl sites for hydroxylation is 1. The number of unbranched alkanes of at least 4 members (excludes halogenated alkanes) is 1. The largest absolute Gasteiger partial charge is 0.497 e. The number of nitrogens with one attached hydrogen (secondary N) is 1. The SMILES string of the molecule is CCCCS(=O)(=O)NCc1cn(C)c2ccc(OC)cc12. The van der Waals surface area contributed by atoms with E-state index in [1.807, 2.05) is 42.9 Å². The van der Waals surface area contributed by atoms with Crippen LogP contribution in [0.1, 0.15) is 25.3 Å². The standard InChI is InChI=1S/C15H22N2O3S/c1-4-5-8-21(18,19)16-10-12-11-17(2)15-7-6-13(20-3)9-14(12)15/h6-7,9,11,16H,4-5,8,10H2,1-3H3. The van der Waals surface area contributed by atoms with Gasteiger partial charge in [0.25, 0.3) is 0 Å². The van der Waals surface area contributed by atoms with Crippen LogP contribution in [-0.2, 0) is 23.6 Å². The van der Waals surface area contributed by atoms with Crippen molar-refractivity contribution in [3.05, 3.63) is 30.0 Å². The van der Waals surface area contributed by atoms with Crippen molar-refractivity contribution in [3.63, 3.8) is 0 Å². The van der Waals surface area contributed by atoms with Gasteiger partial charge in [-0.25, -0.2) is 13.1 Å². The zero-order chi connectivity index (χ0) is 15.5. The molecule has 116 valence electrons. The number of aromatic nitrogens is 1. The first-order valence-corrected chi connectivity index (χ1v) is 8.71. The van der Waals surface area contributed by atoms with E-state index in [-0.39, 0.29) is 5.75 Å². The van der Waals surface area contributed by atoms with Crippen LogP contribution in [-0.4, -0.2) is 25.8 Å². The number of sulfonamides is 1. The summed E-state index contributed by atoms with van der Waals surface area (Å²) in [6.45, 7) is 2.28. The van der Waals surface area contributed by atoms with Gasteiger partial charge in [0.05, 0.1) is 12.9 Å². The first-order valence-electron chi connectivity index (χ1n) is 7.06. The van der Waals surface area contributed by atoms with Crippen LogP contribution in [0.2, 0.25) is 0 Å². The smallest absolute Gasteiger partial charge is 0.211 e. The summed E-state index contributed by atoms with van der Waals surface area (Å²) >= 11 is 0. The zero-order valence-electron chi connectivity index (χ0n) is 12.7. The molecule has 1 N–H and O–H groups in total. The van der Waals surface area contributed by atoms with Crippen molar-refractivity contribution in [1.82, 2.24) is 9.29 Å². The first-order chi connectivity index (χ1) is 9.96. The van der Waals surface area contributed by atoms with E-state index in [4.69, 9.17) is 4.74 Å². The van der Waals surface area contributed by atoms with Crippen molar-refractivity contribution in [2.75, 3.05) is 12.9 Å². The summed E-state index contributed by atoms with van der Waals surface area (Å²) in [7, 11) is 0.363. The van der Waals surface area contributed by atoms with Gasteiger partial charge < -0.3 is 9.30 Å². The van der Waals surface area contributed by atoms with Crippen LogP contribution in [0.4, 0.5) is 0 Å². The number of nitrogens with zero attached hydrogens (tertiary/aromatic N) is 1. The van der Waals surface area contributed by atoms with E-state index in [1.165, 1.54) is 0 Å². The van der Waals surface area contributed by atoms with Crippen LogP contribution >= 0.6 is 0 Å². The van der Waals surface area contributed by atoms with Crippen molar-refractivity contribution in [2.24, 2.45) is 7.05 Å². The molecule has 1 aromatic heterocycles. The summed E-state index contributed by atoms with van der Waals surface area (Å²) in [5.74, 6) is 0.946. The number of methoxy groups -OCH3 is 1. The number of fused-ring (bicyclic) bond motifs is 1. The van der Waals surface area contributed by atoms with Gasteiger partial charge in [0, 0.05) is 30.7 Å². The molecular formula is C15H22N2O3S. The van der Waals surface area contributed by atoms with Gasteiger partial charge >= 0.3 is 0 Å². The van der Waals surface area contributed by atoms with Crippen molar-refractivity contribution < 1.29 is 13.2 Å². The molecule has 0 spiro atoms. The third-order valence-corrected chi connectivity index (χ3v) is 4.94. The summed E-state index contributed by atoms with van der Waals surface area (Å²) in [5.41, 5.74) is 2.00. The number of rotatable bonds is 7. The lowest BCUT2D eigenvalue weighted by molar-refractivity contribution is 0.415. The van der Waals surface area contributed by atoms with Crippen LogP contribution in [0.3, 0.4) is 0 Å². The third kappa shape index (κ3) is 3.77.